The van der Waals surface area contributed by atoms with Gasteiger partial charge < -0.3 is 33.8 Å². The molecule has 2 amide bonds. The summed E-state index contributed by atoms with van der Waals surface area (Å²) in [6.45, 7) is 3.42. The van der Waals surface area contributed by atoms with Gasteiger partial charge in [-0.05, 0) is 6.42 Å². The van der Waals surface area contributed by atoms with Crippen LogP contribution in [0.3, 0.4) is 0 Å². The van der Waals surface area contributed by atoms with Crippen LogP contribution in [0.2, 0.25) is 0 Å². The van der Waals surface area contributed by atoms with Gasteiger partial charge in [0.25, 0.3) is 7.82 Å². The van der Waals surface area contributed by atoms with Gasteiger partial charge in [0.2, 0.25) is 0 Å². The second kappa shape index (κ2) is 26.0. The van der Waals surface area contributed by atoms with Crippen molar-refractivity contribution in [2.24, 2.45) is 0 Å². The van der Waals surface area contributed by atoms with E-state index >= 15 is 0 Å². The summed E-state index contributed by atoms with van der Waals surface area (Å²) in [6.07, 6.45) is 23.0. The quantitative estimate of drug-likeness (QED) is 0.0578. The summed E-state index contributed by atoms with van der Waals surface area (Å²) in [5.74, 6) is 0. The number of phosphoric acid groups is 1. The number of ether oxygens (including phenoxy) is 1. The molecule has 2 unspecified atom stereocenters. The summed E-state index contributed by atoms with van der Waals surface area (Å²) >= 11 is 0. The molecule has 10 heteroatoms. The van der Waals surface area contributed by atoms with Gasteiger partial charge in [0.15, 0.2) is 0 Å². The van der Waals surface area contributed by atoms with E-state index in [1.807, 2.05) is 21.1 Å². The van der Waals surface area contributed by atoms with Crippen LogP contribution < -0.4 is 15.5 Å². The molecule has 0 aromatic rings. The van der Waals surface area contributed by atoms with Crippen molar-refractivity contribution in [1.82, 2.24) is 10.6 Å². The molecule has 0 saturated heterocycles. The average Bonchev–Trinajstić information content (AvgIpc) is 2.89. The van der Waals surface area contributed by atoms with Crippen LogP contribution in [-0.2, 0) is 18.3 Å². The number of carbonyl (C=O) groups excluding carboxylic acids is 1. The summed E-state index contributed by atoms with van der Waals surface area (Å²) in [4.78, 5) is 23.8. The number of quaternary nitrogens is 1. The van der Waals surface area contributed by atoms with Gasteiger partial charge in [-0.1, -0.05) is 116 Å². The zero-order chi connectivity index (χ0) is 30.0. The molecule has 0 spiro atoms. The van der Waals surface area contributed by atoms with Gasteiger partial charge in [-0.25, -0.2) is 4.79 Å². The topological polar surface area (TPSA) is 109 Å². The number of likely N-dealkylation sites (N-methyl/N-ethyl adjacent to an activating group) is 1. The molecular weight excluding hydrogens is 529 g/mol. The van der Waals surface area contributed by atoms with Crippen molar-refractivity contribution in [2.45, 2.75) is 129 Å². The maximum atomic E-state index is 12.2. The van der Waals surface area contributed by atoms with E-state index in [9.17, 15) is 14.3 Å². The Balaban J connectivity index is 3.80. The monoisotopic (exact) mass is 593 g/mol. The third-order valence-electron chi connectivity index (χ3n) is 6.95. The van der Waals surface area contributed by atoms with Gasteiger partial charge in [-0.15, -0.1) is 0 Å². The highest BCUT2D eigenvalue weighted by Gasteiger charge is 2.20. The Kier molecular flexibility index (Phi) is 25.5. The van der Waals surface area contributed by atoms with E-state index in [2.05, 4.69) is 17.6 Å². The van der Waals surface area contributed by atoms with Crippen LogP contribution in [0, 0.1) is 0 Å². The average molecular weight is 594 g/mol. The molecule has 240 valence electrons. The highest BCUT2D eigenvalue weighted by Crippen LogP contribution is 2.39. The summed E-state index contributed by atoms with van der Waals surface area (Å²) < 4.78 is 28.7. The van der Waals surface area contributed by atoms with Crippen LogP contribution in [0.25, 0.3) is 0 Å². The van der Waals surface area contributed by atoms with E-state index in [0.717, 1.165) is 12.8 Å². The summed E-state index contributed by atoms with van der Waals surface area (Å²) in [6, 6.07) is -0.413. The molecule has 0 bridgehead atoms. The highest BCUT2D eigenvalue weighted by molar-refractivity contribution is 7.45. The number of rotatable bonds is 29. The van der Waals surface area contributed by atoms with Crippen molar-refractivity contribution in [3.05, 3.63) is 0 Å². The largest absolute Gasteiger partial charge is 0.756 e. The summed E-state index contributed by atoms with van der Waals surface area (Å²) in [5.41, 5.74) is 0. The first-order valence-corrected chi connectivity index (χ1v) is 17.5. The van der Waals surface area contributed by atoms with E-state index < -0.39 is 20.0 Å². The molecular formula is C30H64N3O6P. The molecule has 0 radical (unpaired) electrons. The maximum absolute atomic E-state index is 12.2. The number of urea groups is 1. The standard InChI is InChI=1S/C30H64N3O6P/c1-6-7-8-9-10-11-12-13-14-15-16-17-18-19-20-21-22-23-25-37-28-29(27-32-30(34)31-2)39-40(35,36)38-26-24-33(3,4)5/h29H,6-28H2,1-5H3,(H2-,31,32,34,35,36). The Labute approximate surface area is 246 Å². The van der Waals surface area contributed by atoms with Crippen molar-refractivity contribution in [3.8, 4) is 0 Å². The minimum atomic E-state index is -4.51. The lowest BCUT2D eigenvalue weighted by atomic mass is 10.0. The molecule has 0 aliphatic heterocycles. The number of unbranched alkanes of at least 4 members (excludes halogenated alkanes) is 17. The molecule has 0 fully saturated rings. The van der Waals surface area contributed by atoms with Gasteiger partial charge >= 0.3 is 6.03 Å². The zero-order valence-electron chi connectivity index (χ0n) is 26.7. The highest BCUT2D eigenvalue weighted by atomic mass is 31.2. The lowest BCUT2D eigenvalue weighted by Crippen LogP contribution is -2.41. The first-order valence-electron chi connectivity index (χ1n) is 16.1. The fraction of sp³-hybridized carbons (Fsp3) is 0.967. The van der Waals surface area contributed by atoms with Crippen LogP contribution in [0.4, 0.5) is 4.79 Å². The van der Waals surface area contributed by atoms with E-state index in [-0.39, 0.29) is 19.8 Å². The molecule has 9 nitrogen and oxygen atoms in total. The van der Waals surface area contributed by atoms with Crippen LogP contribution >= 0.6 is 7.82 Å². The van der Waals surface area contributed by atoms with Crippen molar-refractivity contribution in [1.29, 1.82) is 0 Å². The zero-order valence-corrected chi connectivity index (χ0v) is 27.6. The maximum Gasteiger partial charge on any atom is 0.314 e. The molecule has 0 aromatic heterocycles. The predicted octanol–water partition coefficient (Wildman–Crippen LogP) is 6.55. The minimum Gasteiger partial charge on any atom is -0.756 e. The number of phosphoric ester groups is 1. The van der Waals surface area contributed by atoms with E-state index in [0.29, 0.717) is 17.6 Å². The van der Waals surface area contributed by atoms with Crippen LogP contribution in [0.15, 0.2) is 0 Å². The SMILES string of the molecule is CCCCCCCCCCCCCCCCCCCCOCC(CNC(=O)NC)OP(=O)([O-])OCC[N+](C)(C)C. The number of nitrogens with zero attached hydrogens (tertiary/aromatic N) is 1. The van der Waals surface area contributed by atoms with Crippen LogP contribution in [0.1, 0.15) is 122 Å². The third-order valence-corrected chi connectivity index (χ3v) is 8.01. The normalized spacial score (nSPS) is 14.2. The number of carbonyl (C=O) groups is 1. The van der Waals surface area contributed by atoms with Gasteiger partial charge in [0, 0.05) is 20.2 Å². The van der Waals surface area contributed by atoms with E-state index in [1.54, 1.807) is 0 Å². The molecule has 40 heavy (non-hydrogen) atoms. The summed E-state index contributed by atoms with van der Waals surface area (Å²) in [7, 11) is 2.83. The van der Waals surface area contributed by atoms with Crippen molar-refractivity contribution >= 4 is 13.9 Å². The molecule has 0 rings (SSSR count). The molecule has 0 aromatic carbocycles. The Morgan fingerprint density at radius 3 is 1.65 bits per heavy atom. The smallest absolute Gasteiger partial charge is 0.314 e. The number of nitrogens with one attached hydrogen (secondary N) is 2. The Morgan fingerprint density at radius 2 is 1.23 bits per heavy atom. The number of hydrogen-bond donors (Lipinski definition) is 2. The van der Waals surface area contributed by atoms with E-state index in [4.69, 9.17) is 13.8 Å². The Hall–Kier alpha value is -0.700. The fourth-order valence-electron chi connectivity index (χ4n) is 4.38. The minimum absolute atomic E-state index is 0.00369. The second-order valence-electron chi connectivity index (χ2n) is 12.1. The first kappa shape index (κ1) is 39.3. The second-order valence-corrected chi connectivity index (χ2v) is 13.4. The Bertz CT molecular complexity index is 633. The first-order chi connectivity index (χ1) is 19.1. The molecule has 2 atom stereocenters. The van der Waals surface area contributed by atoms with Gasteiger partial charge in [-0.3, -0.25) is 4.57 Å². The van der Waals surface area contributed by atoms with E-state index in [1.165, 1.54) is 110 Å². The lowest BCUT2D eigenvalue weighted by Gasteiger charge is -2.30. The number of hydrogen-bond acceptors (Lipinski definition) is 6. The van der Waals surface area contributed by atoms with Crippen molar-refractivity contribution in [2.75, 3.05) is 61.1 Å². The number of amides is 2. The molecule has 0 saturated carbocycles. The van der Waals surface area contributed by atoms with Gasteiger partial charge in [0.05, 0.1) is 27.7 Å². The van der Waals surface area contributed by atoms with Gasteiger partial charge in [-0.2, -0.15) is 0 Å². The van der Waals surface area contributed by atoms with Gasteiger partial charge in [0.1, 0.15) is 19.3 Å². The lowest BCUT2D eigenvalue weighted by molar-refractivity contribution is -0.870. The van der Waals surface area contributed by atoms with Crippen LogP contribution in [-0.4, -0.2) is 77.7 Å². The molecule has 0 aliphatic rings. The van der Waals surface area contributed by atoms with Crippen molar-refractivity contribution in [3.63, 3.8) is 0 Å². The summed E-state index contributed by atoms with van der Waals surface area (Å²) in [5, 5.41) is 5.01. The molecule has 2 N–H and O–H groups in total. The third kappa shape index (κ3) is 28.8. The molecule has 0 aliphatic carbocycles. The fourth-order valence-corrected chi connectivity index (χ4v) is 5.25. The predicted molar refractivity (Wildman–Crippen MR) is 163 cm³/mol. The van der Waals surface area contributed by atoms with Crippen molar-refractivity contribution < 1.29 is 32.5 Å². The van der Waals surface area contributed by atoms with Crippen LogP contribution in [0.5, 0.6) is 0 Å². The Morgan fingerprint density at radius 1 is 0.775 bits per heavy atom. The molecule has 0 heterocycles.